The van der Waals surface area contributed by atoms with Gasteiger partial charge in [0.1, 0.15) is 0 Å². The summed E-state index contributed by atoms with van der Waals surface area (Å²) in [6, 6.07) is 9.73. The van der Waals surface area contributed by atoms with Crippen LogP contribution in [0.1, 0.15) is 35.2 Å². The molecule has 2 saturated heterocycles. The van der Waals surface area contributed by atoms with Gasteiger partial charge in [0.25, 0.3) is 5.91 Å². The average Bonchev–Trinajstić information content (AvgIpc) is 3.15. The van der Waals surface area contributed by atoms with E-state index < -0.39 is 0 Å². The molecule has 1 amide bonds. The number of nitriles is 1. The second-order valence-electron chi connectivity index (χ2n) is 6.40. The van der Waals surface area contributed by atoms with Gasteiger partial charge in [0.15, 0.2) is 0 Å². The van der Waals surface area contributed by atoms with Crippen LogP contribution in [-0.4, -0.2) is 48.0 Å². The highest BCUT2D eigenvalue weighted by molar-refractivity contribution is 7.99. The first-order chi connectivity index (χ1) is 11.3. The Bertz CT molecular complexity index is 584. The van der Waals surface area contributed by atoms with E-state index in [1.165, 1.54) is 30.8 Å². The minimum Gasteiger partial charge on any atom is -0.352 e. The van der Waals surface area contributed by atoms with E-state index in [0.29, 0.717) is 17.0 Å². The summed E-state index contributed by atoms with van der Waals surface area (Å²) in [7, 11) is 0. The van der Waals surface area contributed by atoms with Crippen LogP contribution in [-0.2, 0) is 0 Å². The number of likely N-dealkylation sites (tertiary alicyclic amines) is 1. The summed E-state index contributed by atoms with van der Waals surface area (Å²) in [6.07, 6.45) is 3.67. The van der Waals surface area contributed by atoms with Gasteiger partial charge in [-0.25, -0.2) is 0 Å². The zero-order valence-electron chi connectivity index (χ0n) is 13.3. The average molecular weight is 329 g/mol. The summed E-state index contributed by atoms with van der Waals surface area (Å²) in [5.41, 5.74) is 1.10. The molecular formula is C18H23N3OS. The zero-order chi connectivity index (χ0) is 16.1. The van der Waals surface area contributed by atoms with Gasteiger partial charge in [-0.2, -0.15) is 17.0 Å². The standard InChI is InChI=1S/C18H23N3OS/c19-11-15-2-1-3-16(10-15)18(22)20-12-14-4-7-21(8-5-14)17-6-9-23-13-17/h1-3,10,14,17H,4-9,12-13H2,(H,20,22)/t17-/m1/s1. The lowest BCUT2D eigenvalue weighted by Gasteiger charge is -2.35. The number of nitrogens with zero attached hydrogens (tertiary/aromatic N) is 2. The van der Waals surface area contributed by atoms with E-state index in [-0.39, 0.29) is 5.91 Å². The number of nitrogens with one attached hydrogen (secondary N) is 1. The molecule has 0 spiro atoms. The normalized spacial score (nSPS) is 22.7. The van der Waals surface area contributed by atoms with Crippen LogP contribution >= 0.6 is 11.8 Å². The third kappa shape index (κ3) is 4.27. The summed E-state index contributed by atoms with van der Waals surface area (Å²) in [5, 5.41) is 11.9. The van der Waals surface area contributed by atoms with Gasteiger partial charge in [0.05, 0.1) is 11.6 Å². The Morgan fingerprint density at radius 1 is 1.35 bits per heavy atom. The highest BCUT2D eigenvalue weighted by atomic mass is 32.2. The minimum atomic E-state index is -0.0725. The van der Waals surface area contributed by atoms with Gasteiger partial charge in [-0.3, -0.25) is 9.69 Å². The Morgan fingerprint density at radius 2 is 2.17 bits per heavy atom. The predicted octanol–water partition coefficient (Wildman–Crippen LogP) is 2.51. The molecule has 2 aliphatic rings. The molecule has 5 heteroatoms. The van der Waals surface area contributed by atoms with E-state index in [4.69, 9.17) is 5.26 Å². The van der Waals surface area contributed by atoms with Gasteiger partial charge >= 0.3 is 0 Å². The Hall–Kier alpha value is -1.51. The molecular weight excluding hydrogens is 306 g/mol. The van der Waals surface area contributed by atoms with E-state index in [2.05, 4.69) is 28.0 Å². The predicted molar refractivity (Wildman–Crippen MR) is 93.5 cm³/mol. The van der Waals surface area contributed by atoms with Gasteiger partial charge < -0.3 is 5.32 Å². The SMILES string of the molecule is N#Cc1cccc(C(=O)NCC2CCN([C@@H]3CCSC3)CC2)c1. The maximum atomic E-state index is 12.2. The van der Waals surface area contributed by atoms with Crippen molar-refractivity contribution >= 4 is 17.7 Å². The highest BCUT2D eigenvalue weighted by Gasteiger charge is 2.27. The van der Waals surface area contributed by atoms with Gasteiger partial charge in [-0.15, -0.1) is 0 Å². The molecule has 122 valence electrons. The number of rotatable bonds is 4. The second-order valence-corrected chi connectivity index (χ2v) is 7.55. The topological polar surface area (TPSA) is 56.1 Å². The Kier molecular flexibility index (Phi) is 5.58. The van der Waals surface area contributed by atoms with E-state index in [9.17, 15) is 4.79 Å². The molecule has 1 aromatic carbocycles. The molecule has 4 nitrogen and oxygen atoms in total. The molecule has 3 rings (SSSR count). The van der Waals surface area contributed by atoms with E-state index >= 15 is 0 Å². The van der Waals surface area contributed by atoms with E-state index in [0.717, 1.165) is 25.7 Å². The maximum absolute atomic E-state index is 12.2. The van der Waals surface area contributed by atoms with Crippen LogP contribution in [0.3, 0.4) is 0 Å². The number of thioether (sulfide) groups is 1. The largest absolute Gasteiger partial charge is 0.352 e. The van der Waals surface area contributed by atoms with Gasteiger partial charge in [-0.05, 0) is 62.2 Å². The van der Waals surface area contributed by atoms with E-state index in [1.54, 1.807) is 24.3 Å². The molecule has 2 aliphatic heterocycles. The first-order valence-electron chi connectivity index (χ1n) is 8.36. The van der Waals surface area contributed by atoms with Crippen LogP contribution in [0.5, 0.6) is 0 Å². The van der Waals surface area contributed by atoms with Crippen molar-refractivity contribution < 1.29 is 4.79 Å². The molecule has 0 radical (unpaired) electrons. The fourth-order valence-corrected chi connectivity index (χ4v) is 4.66. The van der Waals surface area contributed by atoms with Crippen molar-refractivity contribution in [3.8, 4) is 6.07 Å². The summed E-state index contributed by atoms with van der Waals surface area (Å²) < 4.78 is 0. The lowest BCUT2D eigenvalue weighted by Crippen LogP contribution is -2.43. The third-order valence-corrected chi connectivity index (χ3v) is 6.02. The number of hydrogen-bond acceptors (Lipinski definition) is 4. The number of carbonyl (C=O) groups is 1. The zero-order valence-corrected chi connectivity index (χ0v) is 14.1. The van der Waals surface area contributed by atoms with Crippen LogP contribution in [0, 0.1) is 17.2 Å². The quantitative estimate of drug-likeness (QED) is 0.922. The second kappa shape index (κ2) is 7.85. The molecule has 1 aromatic rings. The Labute approximate surface area is 142 Å². The fourth-order valence-electron chi connectivity index (χ4n) is 3.40. The molecule has 0 unspecified atom stereocenters. The smallest absolute Gasteiger partial charge is 0.251 e. The molecule has 23 heavy (non-hydrogen) atoms. The molecule has 1 N–H and O–H groups in total. The third-order valence-electron chi connectivity index (χ3n) is 4.88. The number of piperidine rings is 1. The summed E-state index contributed by atoms with van der Waals surface area (Å²) in [4.78, 5) is 14.8. The van der Waals surface area contributed by atoms with Crippen LogP contribution in [0.4, 0.5) is 0 Å². The first-order valence-corrected chi connectivity index (χ1v) is 9.52. The Balaban J connectivity index is 1.44. The molecule has 1 atom stereocenters. The monoisotopic (exact) mass is 329 g/mol. The maximum Gasteiger partial charge on any atom is 0.251 e. The molecule has 2 heterocycles. The van der Waals surface area contributed by atoms with Gasteiger partial charge in [0.2, 0.25) is 0 Å². The van der Waals surface area contributed by atoms with Crippen LogP contribution in [0.25, 0.3) is 0 Å². The fraction of sp³-hybridized carbons (Fsp3) is 0.556. The lowest BCUT2D eigenvalue weighted by atomic mass is 9.95. The number of carbonyl (C=O) groups excluding carboxylic acids is 1. The van der Waals surface area contributed by atoms with Crippen molar-refractivity contribution in [1.29, 1.82) is 5.26 Å². The van der Waals surface area contributed by atoms with Crippen molar-refractivity contribution in [2.24, 2.45) is 5.92 Å². The van der Waals surface area contributed by atoms with Crippen LogP contribution < -0.4 is 5.32 Å². The molecule has 0 bridgehead atoms. The van der Waals surface area contributed by atoms with Gasteiger partial charge in [0, 0.05) is 23.9 Å². The van der Waals surface area contributed by atoms with Crippen LogP contribution in [0.15, 0.2) is 24.3 Å². The summed E-state index contributed by atoms with van der Waals surface area (Å²) >= 11 is 2.07. The van der Waals surface area contributed by atoms with Crippen molar-refractivity contribution in [2.45, 2.75) is 25.3 Å². The number of amides is 1. The number of benzene rings is 1. The van der Waals surface area contributed by atoms with E-state index in [1.807, 2.05) is 0 Å². The first kappa shape index (κ1) is 16.4. The molecule has 0 saturated carbocycles. The minimum absolute atomic E-state index is 0.0725. The van der Waals surface area contributed by atoms with Crippen LogP contribution in [0.2, 0.25) is 0 Å². The molecule has 0 aromatic heterocycles. The van der Waals surface area contributed by atoms with Crippen molar-refractivity contribution in [2.75, 3.05) is 31.1 Å². The summed E-state index contributed by atoms with van der Waals surface area (Å²) in [6.45, 7) is 3.06. The number of hydrogen-bond donors (Lipinski definition) is 1. The molecule has 2 fully saturated rings. The molecule has 0 aliphatic carbocycles. The highest BCUT2D eigenvalue weighted by Crippen LogP contribution is 2.26. The van der Waals surface area contributed by atoms with Crippen molar-refractivity contribution in [1.82, 2.24) is 10.2 Å². The lowest BCUT2D eigenvalue weighted by molar-refractivity contribution is 0.0928. The summed E-state index contributed by atoms with van der Waals surface area (Å²) in [5.74, 6) is 3.10. The van der Waals surface area contributed by atoms with Crippen molar-refractivity contribution in [3.63, 3.8) is 0 Å². The van der Waals surface area contributed by atoms with Gasteiger partial charge in [-0.1, -0.05) is 6.07 Å². The van der Waals surface area contributed by atoms with Crippen molar-refractivity contribution in [3.05, 3.63) is 35.4 Å². The Morgan fingerprint density at radius 3 is 2.87 bits per heavy atom.